The van der Waals surface area contributed by atoms with Crippen molar-refractivity contribution in [1.82, 2.24) is 5.32 Å². The van der Waals surface area contributed by atoms with Crippen molar-refractivity contribution in [2.75, 3.05) is 6.61 Å². The van der Waals surface area contributed by atoms with Gasteiger partial charge in [0.05, 0.1) is 0 Å². The normalized spacial score (nSPS) is 13.7. The molecule has 0 radical (unpaired) electrons. The molecule has 0 aliphatic carbocycles. The molecule has 0 aliphatic rings. The Balaban J connectivity index is 3.42. The van der Waals surface area contributed by atoms with Crippen LogP contribution in [-0.4, -0.2) is 66.8 Å². The SMILES string of the molecule is CC(=O)OCC(OC(C)=O)C(OC(C)=O)C(OC(C)=O)C(OC(C)=O)C(=O)NCc1ccccc1. The lowest BCUT2D eigenvalue weighted by molar-refractivity contribution is -0.203. The Morgan fingerprint density at radius 1 is 0.686 bits per heavy atom. The van der Waals surface area contributed by atoms with Crippen LogP contribution in [0.3, 0.4) is 0 Å². The van der Waals surface area contributed by atoms with Gasteiger partial charge in [0.25, 0.3) is 5.91 Å². The molecule has 1 rings (SSSR count). The summed E-state index contributed by atoms with van der Waals surface area (Å²) < 4.78 is 25.6. The van der Waals surface area contributed by atoms with Crippen molar-refractivity contribution in [1.29, 1.82) is 0 Å². The molecule has 4 atom stereocenters. The van der Waals surface area contributed by atoms with E-state index >= 15 is 0 Å². The third-order valence-corrected chi connectivity index (χ3v) is 4.22. The minimum absolute atomic E-state index is 0.0310. The number of ether oxygens (including phenoxy) is 5. The average Bonchev–Trinajstić information content (AvgIpc) is 2.75. The number of hydrogen-bond acceptors (Lipinski definition) is 11. The number of nitrogens with one attached hydrogen (secondary N) is 1. The highest BCUT2D eigenvalue weighted by molar-refractivity contribution is 5.84. The fourth-order valence-electron chi connectivity index (χ4n) is 2.98. The summed E-state index contributed by atoms with van der Waals surface area (Å²) >= 11 is 0. The van der Waals surface area contributed by atoms with Crippen LogP contribution in [0.5, 0.6) is 0 Å². The van der Waals surface area contributed by atoms with Gasteiger partial charge in [-0.3, -0.25) is 28.8 Å². The van der Waals surface area contributed by atoms with Gasteiger partial charge in [0, 0.05) is 41.2 Å². The Bertz CT molecular complexity index is 915. The molecule has 1 aromatic carbocycles. The molecule has 35 heavy (non-hydrogen) atoms. The van der Waals surface area contributed by atoms with Crippen molar-refractivity contribution >= 4 is 35.8 Å². The molecule has 1 aromatic rings. The molecule has 0 spiro atoms. The molecule has 0 heterocycles. The molecule has 4 unspecified atom stereocenters. The second kappa shape index (κ2) is 14.3. The quantitative estimate of drug-likeness (QED) is 0.319. The van der Waals surface area contributed by atoms with Crippen LogP contribution in [0.15, 0.2) is 30.3 Å². The summed E-state index contributed by atoms with van der Waals surface area (Å²) in [6, 6.07) is 8.76. The van der Waals surface area contributed by atoms with Gasteiger partial charge in [-0.1, -0.05) is 30.3 Å². The predicted molar refractivity (Wildman–Crippen MR) is 117 cm³/mol. The minimum Gasteiger partial charge on any atom is -0.462 e. The van der Waals surface area contributed by atoms with Gasteiger partial charge in [-0.2, -0.15) is 0 Å². The highest BCUT2D eigenvalue weighted by Gasteiger charge is 2.46. The van der Waals surface area contributed by atoms with Crippen LogP contribution in [-0.2, 0) is 59.0 Å². The summed E-state index contributed by atoms with van der Waals surface area (Å²) in [5, 5.41) is 2.56. The van der Waals surface area contributed by atoms with E-state index in [4.69, 9.17) is 23.7 Å². The number of carbonyl (C=O) groups is 6. The largest absolute Gasteiger partial charge is 0.462 e. The summed E-state index contributed by atoms with van der Waals surface area (Å²) in [6.45, 7) is 4.61. The van der Waals surface area contributed by atoms with Crippen molar-refractivity contribution in [3.8, 4) is 0 Å². The van der Waals surface area contributed by atoms with Gasteiger partial charge < -0.3 is 29.0 Å². The monoisotopic (exact) mass is 495 g/mol. The van der Waals surface area contributed by atoms with E-state index in [2.05, 4.69) is 5.32 Å². The molecule has 1 N–H and O–H groups in total. The minimum atomic E-state index is -1.82. The van der Waals surface area contributed by atoms with Crippen LogP contribution >= 0.6 is 0 Å². The van der Waals surface area contributed by atoms with Gasteiger partial charge in [-0.25, -0.2) is 0 Å². The molecule has 0 aromatic heterocycles. The summed E-state index contributed by atoms with van der Waals surface area (Å²) in [7, 11) is 0. The first kappa shape index (κ1) is 29.1. The van der Waals surface area contributed by atoms with E-state index in [0.29, 0.717) is 0 Å². The van der Waals surface area contributed by atoms with Crippen molar-refractivity contribution in [3.05, 3.63) is 35.9 Å². The van der Waals surface area contributed by atoms with E-state index in [1.807, 2.05) is 0 Å². The van der Waals surface area contributed by atoms with Crippen LogP contribution in [0.4, 0.5) is 0 Å². The van der Waals surface area contributed by atoms with Gasteiger partial charge >= 0.3 is 29.8 Å². The summed E-state index contributed by atoms with van der Waals surface area (Å²) in [5.74, 6) is -5.22. The number of rotatable bonds is 12. The summed E-state index contributed by atoms with van der Waals surface area (Å²) in [4.78, 5) is 71.7. The molecule has 0 fully saturated rings. The Labute approximate surface area is 202 Å². The molecule has 192 valence electrons. The number of esters is 5. The van der Waals surface area contributed by atoms with Gasteiger partial charge in [0.15, 0.2) is 18.3 Å². The number of amides is 1. The van der Waals surface area contributed by atoms with E-state index in [9.17, 15) is 28.8 Å². The molecule has 0 bridgehead atoms. The predicted octanol–water partition coefficient (Wildman–Crippen LogP) is 0.593. The van der Waals surface area contributed by atoms with E-state index in [-0.39, 0.29) is 6.54 Å². The standard InChI is InChI=1S/C23H29NO11/c1-13(25)31-12-19(32-14(2)26)20(33-15(3)27)21(34-16(4)28)22(35-17(5)29)23(30)24-11-18-9-7-6-8-10-18/h6-10,19-22H,11-12H2,1-5H3,(H,24,30). The zero-order chi connectivity index (χ0) is 26.5. The van der Waals surface area contributed by atoms with Crippen molar-refractivity contribution in [2.45, 2.75) is 65.6 Å². The Kier molecular flexibility index (Phi) is 11.9. The summed E-state index contributed by atoms with van der Waals surface area (Å²) in [5.41, 5.74) is 0.718. The number of hydrogen-bond donors (Lipinski definition) is 1. The van der Waals surface area contributed by atoms with E-state index in [1.54, 1.807) is 30.3 Å². The van der Waals surface area contributed by atoms with E-state index in [0.717, 1.165) is 40.2 Å². The van der Waals surface area contributed by atoms with Crippen molar-refractivity contribution in [3.63, 3.8) is 0 Å². The first-order valence-electron chi connectivity index (χ1n) is 10.5. The van der Waals surface area contributed by atoms with Crippen LogP contribution < -0.4 is 5.32 Å². The maximum Gasteiger partial charge on any atom is 0.303 e. The lowest BCUT2D eigenvalue weighted by Crippen LogP contribution is -2.57. The fraction of sp³-hybridized carbons (Fsp3) is 0.478. The molecular weight excluding hydrogens is 466 g/mol. The maximum absolute atomic E-state index is 13.1. The summed E-state index contributed by atoms with van der Waals surface area (Å²) in [6.07, 6.45) is -6.79. The third-order valence-electron chi connectivity index (χ3n) is 4.22. The van der Waals surface area contributed by atoms with Crippen molar-refractivity contribution < 1.29 is 52.5 Å². The van der Waals surface area contributed by atoms with Crippen LogP contribution in [0.2, 0.25) is 0 Å². The second-order valence-corrected chi connectivity index (χ2v) is 7.33. The molecule has 12 heteroatoms. The smallest absolute Gasteiger partial charge is 0.303 e. The van der Waals surface area contributed by atoms with Crippen LogP contribution in [0.1, 0.15) is 40.2 Å². The molecular formula is C23H29NO11. The Morgan fingerprint density at radius 2 is 1.20 bits per heavy atom. The third kappa shape index (κ3) is 11.1. The molecule has 0 saturated carbocycles. The first-order valence-corrected chi connectivity index (χ1v) is 10.5. The Hall–Kier alpha value is -3.96. The topological polar surface area (TPSA) is 161 Å². The van der Waals surface area contributed by atoms with Gasteiger partial charge in [0.1, 0.15) is 6.61 Å². The fourth-order valence-corrected chi connectivity index (χ4v) is 2.98. The molecule has 0 aliphatic heterocycles. The van der Waals surface area contributed by atoms with Crippen LogP contribution in [0.25, 0.3) is 0 Å². The zero-order valence-electron chi connectivity index (χ0n) is 20.1. The first-order chi connectivity index (χ1) is 16.4. The van der Waals surface area contributed by atoms with Crippen LogP contribution in [0, 0.1) is 0 Å². The van der Waals surface area contributed by atoms with Crippen molar-refractivity contribution in [2.24, 2.45) is 0 Å². The number of benzene rings is 1. The lowest BCUT2D eigenvalue weighted by atomic mass is 10.0. The molecule has 0 saturated heterocycles. The van der Waals surface area contributed by atoms with E-state index in [1.165, 1.54) is 0 Å². The highest BCUT2D eigenvalue weighted by Crippen LogP contribution is 2.20. The number of carbonyl (C=O) groups excluding carboxylic acids is 6. The van der Waals surface area contributed by atoms with Gasteiger partial charge in [0.2, 0.25) is 6.10 Å². The van der Waals surface area contributed by atoms with E-state index < -0.39 is 66.8 Å². The zero-order valence-corrected chi connectivity index (χ0v) is 20.1. The molecule has 12 nitrogen and oxygen atoms in total. The highest BCUT2D eigenvalue weighted by atomic mass is 16.6. The van der Waals surface area contributed by atoms with Gasteiger partial charge in [-0.15, -0.1) is 0 Å². The average molecular weight is 495 g/mol. The molecule has 1 amide bonds. The second-order valence-electron chi connectivity index (χ2n) is 7.33. The Morgan fingerprint density at radius 3 is 1.69 bits per heavy atom. The van der Waals surface area contributed by atoms with Gasteiger partial charge in [-0.05, 0) is 5.56 Å². The lowest BCUT2D eigenvalue weighted by Gasteiger charge is -2.34. The maximum atomic E-state index is 13.1.